The van der Waals surface area contributed by atoms with Crippen LogP contribution in [-0.4, -0.2) is 55.9 Å². The number of halogens is 1. The van der Waals surface area contributed by atoms with Crippen molar-refractivity contribution in [3.8, 4) is 0 Å². The lowest BCUT2D eigenvalue weighted by atomic mass is 10.0. The van der Waals surface area contributed by atoms with Crippen LogP contribution in [0.25, 0.3) is 0 Å². The van der Waals surface area contributed by atoms with Crippen LogP contribution in [0.1, 0.15) is 37.8 Å². The Labute approximate surface area is 202 Å². The zero-order valence-electron chi connectivity index (χ0n) is 19.3. The van der Waals surface area contributed by atoms with E-state index in [0.717, 1.165) is 43.1 Å². The first-order chi connectivity index (χ1) is 15.8. The van der Waals surface area contributed by atoms with E-state index in [0.29, 0.717) is 19.6 Å². The highest BCUT2D eigenvalue weighted by molar-refractivity contribution is 7.89. The van der Waals surface area contributed by atoms with Crippen molar-refractivity contribution in [2.75, 3.05) is 26.2 Å². The van der Waals surface area contributed by atoms with Crippen LogP contribution in [0, 0.1) is 0 Å². The highest BCUT2D eigenvalue weighted by Crippen LogP contribution is 2.17. The molecule has 1 aliphatic rings. The molecule has 1 saturated heterocycles. The summed E-state index contributed by atoms with van der Waals surface area (Å²) in [5.41, 5.74) is 2.08. The highest BCUT2D eigenvalue weighted by Gasteiger charge is 2.22. The number of nitrogens with one attached hydrogen (secondary N) is 2. The third-order valence-electron chi connectivity index (χ3n) is 5.96. The van der Waals surface area contributed by atoms with Gasteiger partial charge in [-0.05, 0) is 48.2 Å². The number of amides is 2. The van der Waals surface area contributed by atoms with Gasteiger partial charge in [0.25, 0.3) is 0 Å². The van der Waals surface area contributed by atoms with Crippen molar-refractivity contribution in [2.24, 2.45) is 0 Å². The van der Waals surface area contributed by atoms with Gasteiger partial charge in [0.15, 0.2) is 0 Å². The van der Waals surface area contributed by atoms with Crippen LogP contribution in [0.3, 0.4) is 0 Å². The van der Waals surface area contributed by atoms with Crippen molar-refractivity contribution < 1.29 is 13.2 Å². The van der Waals surface area contributed by atoms with Gasteiger partial charge in [-0.15, -0.1) is 0 Å². The molecule has 0 aliphatic carbocycles. The number of carbonyl (C=O) groups excluding carboxylic acids is 1. The number of piperidine rings is 1. The fourth-order valence-corrected chi connectivity index (χ4v) is 5.58. The summed E-state index contributed by atoms with van der Waals surface area (Å²) in [6.07, 6.45) is 1.80. The molecule has 0 atom stereocenters. The third-order valence-corrected chi connectivity index (χ3v) is 8.28. The molecule has 2 aromatic rings. The van der Waals surface area contributed by atoms with Crippen molar-refractivity contribution in [3.63, 3.8) is 0 Å². The second-order valence-electron chi connectivity index (χ2n) is 8.24. The van der Waals surface area contributed by atoms with Gasteiger partial charge in [-0.1, -0.05) is 49.7 Å². The maximum absolute atomic E-state index is 12.6. The van der Waals surface area contributed by atoms with Gasteiger partial charge in [0, 0.05) is 50.3 Å². The fourth-order valence-electron chi connectivity index (χ4n) is 3.99. The van der Waals surface area contributed by atoms with Crippen LogP contribution in [0.5, 0.6) is 0 Å². The second kappa shape index (κ2) is 11.8. The predicted molar refractivity (Wildman–Crippen MR) is 132 cm³/mol. The number of rotatable bonds is 9. The smallest absolute Gasteiger partial charge is 0.315 e. The number of sulfonamides is 1. The number of benzene rings is 2. The minimum Gasteiger partial charge on any atom is -0.335 e. The summed E-state index contributed by atoms with van der Waals surface area (Å²) in [6, 6.07) is 14.5. The van der Waals surface area contributed by atoms with E-state index in [-0.39, 0.29) is 17.0 Å². The molecular weight excluding hydrogens is 460 g/mol. The average Bonchev–Trinajstić information content (AvgIpc) is 2.81. The van der Waals surface area contributed by atoms with E-state index in [2.05, 4.69) is 15.5 Å². The van der Waals surface area contributed by atoms with Crippen molar-refractivity contribution in [2.45, 2.75) is 50.7 Å². The van der Waals surface area contributed by atoms with Crippen LogP contribution in [-0.2, 0) is 23.1 Å². The SMILES string of the molecule is CCN(CC)S(=O)(=O)c1ccc(CNC(=O)NC2CCN(Cc3ccc(Cl)cc3)CC2)cc1. The number of hydrogen-bond acceptors (Lipinski definition) is 4. The number of nitrogens with zero attached hydrogens (tertiary/aromatic N) is 2. The van der Waals surface area contributed by atoms with Gasteiger partial charge in [-0.2, -0.15) is 4.31 Å². The molecule has 9 heteroatoms. The molecule has 3 rings (SSSR count). The monoisotopic (exact) mass is 492 g/mol. The predicted octanol–water partition coefficient (Wildman–Crippen LogP) is 3.83. The molecule has 1 aliphatic heterocycles. The molecule has 2 aromatic carbocycles. The minimum atomic E-state index is -3.47. The zero-order chi connectivity index (χ0) is 23.8. The zero-order valence-corrected chi connectivity index (χ0v) is 20.8. The Morgan fingerprint density at radius 3 is 2.15 bits per heavy atom. The Hall–Kier alpha value is -2.13. The third kappa shape index (κ3) is 7.17. The molecular formula is C24H33ClN4O3S. The summed E-state index contributed by atoms with van der Waals surface area (Å²) in [5.74, 6) is 0. The van der Waals surface area contributed by atoms with Gasteiger partial charge < -0.3 is 10.6 Å². The summed E-state index contributed by atoms with van der Waals surface area (Å²) in [4.78, 5) is 15.0. The lowest BCUT2D eigenvalue weighted by Gasteiger charge is -2.32. The van der Waals surface area contributed by atoms with Crippen LogP contribution < -0.4 is 10.6 Å². The van der Waals surface area contributed by atoms with Gasteiger partial charge in [0.05, 0.1) is 4.90 Å². The van der Waals surface area contributed by atoms with Gasteiger partial charge in [-0.25, -0.2) is 13.2 Å². The summed E-state index contributed by atoms with van der Waals surface area (Å²) in [6.45, 7) is 7.59. The number of urea groups is 1. The summed E-state index contributed by atoms with van der Waals surface area (Å²) in [5, 5.41) is 6.66. The number of likely N-dealkylation sites (tertiary alicyclic amines) is 1. The maximum atomic E-state index is 12.6. The molecule has 2 N–H and O–H groups in total. The Balaban J connectivity index is 1.41. The van der Waals surface area contributed by atoms with Gasteiger partial charge in [0.2, 0.25) is 10.0 Å². The van der Waals surface area contributed by atoms with Gasteiger partial charge in [0.1, 0.15) is 0 Å². The molecule has 0 spiro atoms. The topological polar surface area (TPSA) is 81.8 Å². The van der Waals surface area contributed by atoms with Crippen LogP contribution in [0.4, 0.5) is 4.79 Å². The molecule has 7 nitrogen and oxygen atoms in total. The van der Waals surface area contributed by atoms with Crippen LogP contribution >= 0.6 is 11.6 Å². The van der Waals surface area contributed by atoms with E-state index >= 15 is 0 Å². The normalized spacial score (nSPS) is 15.5. The molecule has 0 radical (unpaired) electrons. The Morgan fingerprint density at radius 1 is 1.00 bits per heavy atom. The first kappa shape index (κ1) is 25.5. The summed E-state index contributed by atoms with van der Waals surface area (Å²) in [7, 11) is -3.47. The van der Waals surface area contributed by atoms with E-state index in [9.17, 15) is 13.2 Å². The molecule has 0 bridgehead atoms. The second-order valence-corrected chi connectivity index (χ2v) is 10.6. The largest absolute Gasteiger partial charge is 0.335 e. The molecule has 0 aromatic heterocycles. The number of hydrogen-bond donors (Lipinski definition) is 2. The Morgan fingerprint density at radius 2 is 1.58 bits per heavy atom. The Kier molecular flexibility index (Phi) is 9.14. The minimum absolute atomic E-state index is 0.146. The van der Waals surface area contributed by atoms with Crippen molar-refractivity contribution in [3.05, 3.63) is 64.7 Å². The van der Waals surface area contributed by atoms with E-state index in [1.54, 1.807) is 24.3 Å². The van der Waals surface area contributed by atoms with E-state index < -0.39 is 10.0 Å². The molecule has 1 heterocycles. The summed E-state index contributed by atoms with van der Waals surface area (Å²) < 4.78 is 26.6. The van der Waals surface area contributed by atoms with Gasteiger partial charge >= 0.3 is 6.03 Å². The first-order valence-corrected chi connectivity index (χ1v) is 13.2. The highest BCUT2D eigenvalue weighted by atomic mass is 35.5. The Bertz CT molecular complexity index is 1000. The quantitative estimate of drug-likeness (QED) is 0.557. The molecule has 2 amide bonds. The van der Waals surface area contributed by atoms with E-state index in [1.165, 1.54) is 9.87 Å². The molecule has 0 saturated carbocycles. The molecule has 180 valence electrons. The fraction of sp³-hybridized carbons (Fsp3) is 0.458. The number of carbonyl (C=O) groups is 1. The lowest BCUT2D eigenvalue weighted by molar-refractivity contribution is 0.186. The van der Waals surface area contributed by atoms with Crippen molar-refractivity contribution in [1.29, 1.82) is 0 Å². The van der Waals surface area contributed by atoms with E-state index in [4.69, 9.17) is 11.6 Å². The molecule has 33 heavy (non-hydrogen) atoms. The van der Waals surface area contributed by atoms with Gasteiger partial charge in [-0.3, -0.25) is 4.90 Å². The van der Waals surface area contributed by atoms with Crippen LogP contribution in [0.2, 0.25) is 5.02 Å². The van der Waals surface area contributed by atoms with E-state index in [1.807, 2.05) is 38.1 Å². The van der Waals surface area contributed by atoms with Crippen LogP contribution in [0.15, 0.2) is 53.4 Å². The lowest BCUT2D eigenvalue weighted by Crippen LogP contribution is -2.47. The maximum Gasteiger partial charge on any atom is 0.315 e. The van der Waals surface area contributed by atoms with Crippen molar-refractivity contribution >= 4 is 27.7 Å². The standard InChI is InChI=1S/C24H33ClN4O3S/c1-3-29(4-2)33(31,32)23-11-7-19(8-12-23)17-26-24(30)27-22-13-15-28(16-14-22)18-20-5-9-21(25)10-6-20/h5-12,22H,3-4,13-18H2,1-2H3,(H2,26,27,30). The summed E-state index contributed by atoms with van der Waals surface area (Å²) >= 11 is 5.95. The van der Waals surface area contributed by atoms with Crippen molar-refractivity contribution in [1.82, 2.24) is 19.8 Å². The average molecular weight is 493 g/mol. The molecule has 1 fully saturated rings. The first-order valence-electron chi connectivity index (χ1n) is 11.4. The molecule has 0 unspecified atom stereocenters.